The van der Waals surface area contributed by atoms with Gasteiger partial charge >= 0.3 is 5.97 Å². The first-order valence-corrected chi connectivity index (χ1v) is 9.23. The number of hydrogen-bond donors (Lipinski definition) is 1. The van der Waals surface area contributed by atoms with E-state index in [1.165, 1.54) is 45.6 Å². The minimum Gasteiger partial charge on any atom is -0.468 e. The third kappa shape index (κ3) is 3.37. The molecule has 21 heavy (non-hydrogen) atoms. The highest BCUT2D eigenvalue weighted by Crippen LogP contribution is 2.61. The molecule has 0 radical (unpaired) electrons. The van der Waals surface area contributed by atoms with Crippen LogP contribution in [0.25, 0.3) is 0 Å². The van der Waals surface area contributed by atoms with Gasteiger partial charge in [-0.2, -0.15) is 0 Å². The molecular weight excluding hydrogens is 381 g/mol. The Morgan fingerprint density at radius 1 is 1.19 bits per heavy atom. The number of ether oxygens (including phenoxy) is 1. The predicted octanol–water partition coefficient (Wildman–Crippen LogP) is 2.69. The molecule has 0 spiro atoms. The second kappa shape index (κ2) is 6.05. The molecule has 4 fully saturated rings. The number of methoxy groups -OCH3 is 1. The van der Waals surface area contributed by atoms with E-state index in [9.17, 15) is 9.59 Å². The van der Waals surface area contributed by atoms with Crippen LogP contribution < -0.4 is 5.32 Å². The van der Waals surface area contributed by atoms with Gasteiger partial charge in [0.2, 0.25) is 5.91 Å². The van der Waals surface area contributed by atoms with Gasteiger partial charge in [-0.3, -0.25) is 9.59 Å². The number of halogens is 1. The van der Waals surface area contributed by atoms with E-state index in [2.05, 4.69) is 10.1 Å². The van der Waals surface area contributed by atoms with E-state index in [1.807, 2.05) is 22.6 Å². The summed E-state index contributed by atoms with van der Waals surface area (Å²) in [5.74, 6) is 2.46. The third-order valence-corrected chi connectivity index (χ3v) is 6.58. The number of hydrogen-bond acceptors (Lipinski definition) is 3. The molecular formula is C16H24INO3. The Hall–Kier alpha value is -0.330. The Balaban J connectivity index is 1.52. The number of esters is 1. The lowest BCUT2D eigenvalue weighted by Crippen LogP contribution is -2.48. The van der Waals surface area contributed by atoms with Crippen LogP contribution in [0.4, 0.5) is 0 Å². The monoisotopic (exact) mass is 405 g/mol. The molecule has 0 aromatic rings. The zero-order valence-corrected chi connectivity index (χ0v) is 14.7. The lowest BCUT2D eigenvalue weighted by molar-refractivity contribution is -0.139. The van der Waals surface area contributed by atoms with Gasteiger partial charge in [0.1, 0.15) is 3.92 Å². The van der Waals surface area contributed by atoms with Crippen LogP contribution in [0.1, 0.15) is 44.9 Å². The SMILES string of the molecule is COC(=O)C(I)CNC(=O)CC12CC3CC(CC(C3)C1)C2. The number of amides is 1. The third-order valence-electron chi connectivity index (χ3n) is 5.64. The first kappa shape index (κ1) is 15.6. The highest BCUT2D eigenvalue weighted by Gasteiger charge is 2.51. The highest BCUT2D eigenvalue weighted by atomic mass is 127. The zero-order chi connectivity index (χ0) is 15.0. The fourth-order valence-corrected chi connectivity index (χ4v) is 5.80. The molecule has 4 rings (SSSR count). The van der Waals surface area contributed by atoms with Crippen LogP contribution in [-0.2, 0) is 14.3 Å². The molecule has 1 unspecified atom stereocenters. The number of nitrogens with one attached hydrogen (secondary N) is 1. The minimum atomic E-state index is -0.298. The minimum absolute atomic E-state index is 0.113. The van der Waals surface area contributed by atoms with Gasteiger partial charge in [-0.15, -0.1) is 0 Å². The van der Waals surface area contributed by atoms with E-state index in [0.717, 1.165) is 17.8 Å². The van der Waals surface area contributed by atoms with Crippen LogP contribution in [-0.4, -0.2) is 29.5 Å². The van der Waals surface area contributed by atoms with Crippen LogP contribution in [0.3, 0.4) is 0 Å². The van der Waals surface area contributed by atoms with Crippen molar-refractivity contribution in [2.45, 2.75) is 48.9 Å². The summed E-state index contributed by atoms with van der Waals surface area (Å²) in [6, 6.07) is 0. The van der Waals surface area contributed by atoms with Gasteiger partial charge in [-0.05, 0) is 61.7 Å². The molecule has 1 N–H and O–H groups in total. The Labute approximate surface area is 139 Å². The average molecular weight is 405 g/mol. The second-order valence-corrected chi connectivity index (χ2v) is 8.89. The van der Waals surface area contributed by atoms with Crippen molar-refractivity contribution in [1.29, 1.82) is 0 Å². The van der Waals surface area contributed by atoms with Gasteiger partial charge in [-0.1, -0.05) is 22.6 Å². The van der Waals surface area contributed by atoms with Gasteiger partial charge in [-0.25, -0.2) is 0 Å². The maximum Gasteiger partial charge on any atom is 0.320 e. The molecule has 4 saturated carbocycles. The van der Waals surface area contributed by atoms with Crippen molar-refractivity contribution in [2.24, 2.45) is 23.2 Å². The maximum absolute atomic E-state index is 12.3. The maximum atomic E-state index is 12.3. The fraction of sp³-hybridized carbons (Fsp3) is 0.875. The molecule has 0 aromatic heterocycles. The molecule has 0 heterocycles. The summed E-state index contributed by atoms with van der Waals surface area (Å²) in [4.78, 5) is 23.6. The van der Waals surface area contributed by atoms with Crippen molar-refractivity contribution in [3.8, 4) is 0 Å². The van der Waals surface area contributed by atoms with Crippen LogP contribution in [0.2, 0.25) is 0 Å². The molecule has 0 aliphatic heterocycles. The zero-order valence-electron chi connectivity index (χ0n) is 12.6. The lowest BCUT2D eigenvalue weighted by atomic mass is 9.49. The van der Waals surface area contributed by atoms with Crippen LogP contribution in [0.15, 0.2) is 0 Å². The van der Waals surface area contributed by atoms with Crippen LogP contribution in [0, 0.1) is 23.2 Å². The Kier molecular flexibility index (Phi) is 4.48. The Morgan fingerprint density at radius 3 is 2.19 bits per heavy atom. The van der Waals surface area contributed by atoms with E-state index in [-0.39, 0.29) is 21.2 Å². The number of carbonyl (C=O) groups excluding carboxylic acids is 2. The molecule has 1 amide bonds. The standard InChI is InChI=1S/C16H24INO3/c1-21-15(20)13(17)9-18-14(19)8-16-5-10-2-11(6-16)4-12(3-10)7-16/h10-13H,2-9H2,1H3,(H,18,19). The van der Waals surface area contributed by atoms with Crippen molar-refractivity contribution in [2.75, 3.05) is 13.7 Å². The fourth-order valence-electron chi connectivity index (χ4n) is 5.32. The van der Waals surface area contributed by atoms with Gasteiger partial charge in [0, 0.05) is 13.0 Å². The normalized spacial score (nSPS) is 38.1. The van der Waals surface area contributed by atoms with Crippen LogP contribution >= 0.6 is 22.6 Å². The van der Waals surface area contributed by atoms with Crippen molar-refractivity contribution in [3.05, 3.63) is 0 Å². The van der Waals surface area contributed by atoms with Gasteiger partial charge in [0.15, 0.2) is 0 Å². The van der Waals surface area contributed by atoms with E-state index in [4.69, 9.17) is 0 Å². The molecule has 4 aliphatic rings. The summed E-state index contributed by atoms with van der Waals surface area (Å²) >= 11 is 2.02. The van der Waals surface area contributed by atoms with Crippen molar-refractivity contribution >= 4 is 34.5 Å². The summed E-state index contributed by atoms with van der Waals surface area (Å²) < 4.78 is 4.38. The number of alkyl halides is 1. The summed E-state index contributed by atoms with van der Waals surface area (Å²) in [6.07, 6.45) is 8.60. The quantitative estimate of drug-likeness (QED) is 0.435. The molecule has 5 heteroatoms. The predicted molar refractivity (Wildman–Crippen MR) is 88.1 cm³/mol. The highest BCUT2D eigenvalue weighted by molar-refractivity contribution is 14.1. The molecule has 1 atom stereocenters. The first-order valence-electron chi connectivity index (χ1n) is 7.98. The molecule has 118 valence electrons. The largest absolute Gasteiger partial charge is 0.468 e. The van der Waals surface area contributed by atoms with Crippen molar-refractivity contribution in [1.82, 2.24) is 5.32 Å². The van der Waals surface area contributed by atoms with E-state index >= 15 is 0 Å². The molecule has 4 nitrogen and oxygen atoms in total. The molecule has 0 saturated heterocycles. The molecule has 0 aromatic carbocycles. The molecule has 4 aliphatic carbocycles. The van der Waals surface area contributed by atoms with E-state index in [0.29, 0.717) is 13.0 Å². The Morgan fingerprint density at radius 2 is 1.71 bits per heavy atom. The van der Waals surface area contributed by atoms with Gasteiger partial charge in [0.05, 0.1) is 7.11 Å². The summed E-state index contributed by atoms with van der Waals surface area (Å²) in [5, 5.41) is 2.93. The first-order chi connectivity index (χ1) is 9.99. The summed E-state index contributed by atoms with van der Waals surface area (Å²) in [7, 11) is 1.38. The van der Waals surface area contributed by atoms with Gasteiger partial charge in [0.25, 0.3) is 0 Å². The topological polar surface area (TPSA) is 55.4 Å². The van der Waals surface area contributed by atoms with Crippen molar-refractivity contribution in [3.63, 3.8) is 0 Å². The summed E-state index contributed by atoms with van der Waals surface area (Å²) in [5.41, 5.74) is 0.269. The second-order valence-electron chi connectivity index (χ2n) is 7.39. The Bertz CT molecular complexity index is 402. The number of rotatable bonds is 5. The molecule has 4 bridgehead atoms. The van der Waals surface area contributed by atoms with Crippen LogP contribution in [0.5, 0.6) is 0 Å². The van der Waals surface area contributed by atoms with E-state index < -0.39 is 0 Å². The van der Waals surface area contributed by atoms with E-state index in [1.54, 1.807) is 0 Å². The lowest BCUT2D eigenvalue weighted by Gasteiger charge is -2.56. The number of carbonyl (C=O) groups is 2. The van der Waals surface area contributed by atoms with Crippen molar-refractivity contribution < 1.29 is 14.3 Å². The summed E-state index contributed by atoms with van der Waals surface area (Å²) in [6.45, 7) is 0.373. The smallest absolute Gasteiger partial charge is 0.320 e. The van der Waals surface area contributed by atoms with Gasteiger partial charge < -0.3 is 10.1 Å². The average Bonchev–Trinajstić information content (AvgIpc) is 2.41.